The predicted octanol–water partition coefficient (Wildman–Crippen LogP) is 1.07. The first-order valence-corrected chi connectivity index (χ1v) is 6.28. The third kappa shape index (κ3) is 2.96. The second-order valence-corrected chi connectivity index (χ2v) is 4.85. The van der Waals surface area contributed by atoms with Crippen LogP contribution in [0, 0.1) is 0 Å². The second kappa shape index (κ2) is 5.47. The highest BCUT2D eigenvalue weighted by Crippen LogP contribution is 2.18. The fraction of sp³-hybridized carbons (Fsp3) is 0.615. The van der Waals surface area contributed by atoms with E-state index < -0.39 is 0 Å². The molecule has 2 N–H and O–H groups in total. The number of pyridine rings is 1. The van der Waals surface area contributed by atoms with E-state index in [0.717, 1.165) is 18.1 Å². The molecule has 1 saturated heterocycles. The van der Waals surface area contributed by atoms with Gasteiger partial charge in [-0.3, -0.25) is 0 Å². The van der Waals surface area contributed by atoms with E-state index in [0.29, 0.717) is 12.6 Å². The van der Waals surface area contributed by atoms with Gasteiger partial charge in [0.2, 0.25) is 0 Å². The van der Waals surface area contributed by atoms with Crippen molar-refractivity contribution in [2.45, 2.75) is 25.4 Å². The van der Waals surface area contributed by atoms with Crippen LogP contribution in [0.3, 0.4) is 0 Å². The van der Waals surface area contributed by atoms with Crippen LogP contribution in [0.5, 0.6) is 0 Å². The van der Waals surface area contributed by atoms with E-state index >= 15 is 0 Å². The van der Waals surface area contributed by atoms with Gasteiger partial charge in [0.25, 0.3) is 0 Å². The molecule has 1 aromatic rings. The molecule has 17 heavy (non-hydrogen) atoms. The molecule has 0 bridgehead atoms. The summed E-state index contributed by atoms with van der Waals surface area (Å²) in [4.78, 5) is 9.20. The molecule has 0 amide bonds. The predicted molar refractivity (Wildman–Crippen MR) is 71.1 cm³/mol. The molecule has 0 aromatic carbocycles. The molecule has 0 radical (unpaired) electrons. The first kappa shape index (κ1) is 12.3. The van der Waals surface area contributed by atoms with Crippen molar-refractivity contribution in [2.24, 2.45) is 5.73 Å². The monoisotopic (exact) mass is 234 g/mol. The van der Waals surface area contributed by atoms with Gasteiger partial charge in [-0.15, -0.1) is 0 Å². The Morgan fingerprint density at radius 1 is 1.53 bits per heavy atom. The number of anilines is 1. The van der Waals surface area contributed by atoms with Crippen molar-refractivity contribution in [3.8, 4) is 0 Å². The Hall–Kier alpha value is -1.13. The molecular weight excluding hydrogens is 212 g/mol. The van der Waals surface area contributed by atoms with Gasteiger partial charge in [-0.05, 0) is 38.6 Å². The smallest absolute Gasteiger partial charge is 0.128 e. The number of hydrogen-bond donors (Lipinski definition) is 1. The van der Waals surface area contributed by atoms with Crippen molar-refractivity contribution >= 4 is 5.82 Å². The third-order valence-electron chi connectivity index (χ3n) is 3.55. The summed E-state index contributed by atoms with van der Waals surface area (Å²) in [6, 6.07) is 6.70. The average molecular weight is 234 g/mol. The zero-order chi connectivity index (χ0) is 12.3. The van der Waals surface area contributed by atoms with E-state index in [9.17, 15) is 0 Å². The molecule has 0 aliphatic carbocycles. The molecule has 1 fully saturated rings. The molecule has 1 aliphatic heterocycles. The maximum atomic E-state index is 5.62. The number of aromatic nitrogens is 1. The minimum Gasteiger partial charge on any atom is -0.358 e. The topological polar surface area (TPSA) is 45.4 Å². The van der Waals surface area contributed by atoms with Crippen molar-refractivity contribution in [1.29, 1.82) is 0 Å². The zero-order valence-electron chi connectivity index (χ0n) is 10.8. The van der Waals surface area contributed by atoms with Gasteiger partial charge in [0.05, 0.1) is 5.69 Å². The minimum atomic E-state index is 0.505. The minimum absolute atomic E-state index is 0.505. The molecule has 2 heterocycles. The molecule has 1 atom stereocenters. The highest BCUT2D eigenvalue weighted by atomic mass is 15.2. The van der Waals surface area contributed by atoms with Crippen LogP contribution in [-0.4, -0.2) is 43.1 Å². The van der Waals surface area contributed by atoms with Crippen LogP contribution in [0.1, 0.15) is 18.5 Å². The molecular formula is C13H22N4. The normalized spacial score (nSPS) is 20.8. The number of likely N-dealkylation sites (tertiary alicyclic amines) is 1. The molecule has 4 heteroatoms. The van der Waals surface area contributed by atoms with E-state index in [1.165, 1.54) is 19.4 Å². The van der Waals surface area contributed by atoms with Gasteiger partial charge in [0.1, 0.15) is 5.82 Å². The molecule has 2 rings (SSSR count). The molecule has 1 unspecified atom stereocenters. The molecule has 0 spiro atoms. The SMILES string of the molecule is CN(CC1CCCN1C)c1cccc(CN)n1. The van der Waals surface area contributed by atoms with Crippen LogP contribution in [0.15, 0.2) is 18.2 Å². The Morgan fingerprint density at radius 3 is 3.00 bits per heavy atom. The summed E-state index contributed by atoms with van der Waals surface area (Å²) in [6.45, 7) is 2.76. The summed E-state index contributed by atoms with van der Waals surface area (Å²) >= 11 is 0. The van der Waals surface area contributed by atoms with E-state index in [-0.39, 0.29) is 0 Å². The van der Waals surface area contributed by atoms with Crippen molar-refractivity contribution in [3.05, 3.63) is 23.9 Å². The van der Waals surface area contributed by atoms with Crippen molar-refractivity contribution in [1.82, 2.24) is 9.88 Å². The highest BCUT2D eigenvalue weighted by molar-refractivity contribution is 5.38. The van der Waals surface area contributed by atoms with Gasteiger partial charge in [-0.2, -0.15) is 0 Å². The summed E-state index contributed by atoms with van der Waals surface area (Å²) in [6.07, 6.45) is 2.60. The quantitative estimate of drug-likeness (QED) is 0.846. The van der Waals surface area contributed by atoms with Crippen LogP contribution in [0.4, 0.5) is 5.82 Å². The first-order chi connectivity index (χ1) is 8.20. The Morgan fingerprint density at radius 2 is 2.35 bits per heavy atom. The lowest BCUT2D eigenvalue weighted by Gasteiger charge is -2.26. The molecule has 94 valence electrons. The molecule has 0 saturated carbocycles. The number of nitrogens with zero attached hydrogens (tertiary/aromatic N) is 3. The summed E-state index contributed by atoms with van der Waals surface area (Å²) in [7, 11) is 4.31. The summed E-state index contributed by atoms with van der Waals surface area (Å²) in [5.41, 5.74) is 6.57. The maximum Gasteiger partial charge on any atom is 0.128 e. The Kier molecular flexibility index (Phi) is 3.97. The fourth-order valence-electron chi connectivity index (χ4n) is 2.41. The van der Waals surface area contributed by atoms with Crippen molar-refractivity contribution in [2.75, 3.05) is 32.1 Å². The van der Waals surface area contributed by atoms with Gasteiger partial charge >= 0.3 is 0 Å². The van der Waals surface area contributed by atoms with E-state index in [1.54, 1.807) is 0 Å². The lowest BCUT2D eigenvalue weighted by atomic mass is 10.2. The van der Waals surface area contributed by atoms with Crippen molar-refractivity contribution in [3.63, 3.8) is 0 Å². The average Bonchev–Trinajstić information content (AvgIpc) is 2.75. The Labute approximate surface area is 103 Å². The summed E-state index contributed by atoms with van der Waals surface area (Å²) < 4.78 is 0. The van der Waals surface area contributed by atoms with Crippen LogP contribution in [0.2, 0.25) is 0 Å². The Bertz CT molecular complexity index is 366. The fourth-order valence-corrected chi connectivity index (χ4v) is 2.41. The van der Waals surface area contributed by atoms with Gasteiger partial charge in [0.15, 0.2) is 0 Å². The number of rotatable bonds is 4. The van der Waals surface area contributed by atoms with Gasteiger partial charge in [-0.25, -0.2) is 4.98 Å². The van der Waals surface area contributed by atoms with Gasteiger partial charge < -0.3 is 15.5 Å². The first-order valence-electron chi connectivity index (χ1n) is 6.28. The van der Waals surface area contributed by atoms with E-state index in [1.807, 2.05) is 18.2 Å². The molecule has 1 aromatic heterocycles. The number of hydrogen-bond acceptors (Lipinski definition) is 4. The molecule has 1 aliphatic rings. The maximum absolute atomic E-state index is 5.62. The highest BCUT2D eigenvalue weighted by Gasteiger charge is 2.22. The van der Waals surface area contributed by atoms with Crippen LogP contribution in [-0.2, 0) is 6.54 Å². The van der Waals surface area contributed by atoms with Crippen LogP contribution < -0.4 is 10.6 Å². The largest absolute Gasteiger partial charge is 0.358 e. The van der Waals surface area contributed by atoms with Crippen LogP contribution >= 0.6 is 0 Å². The second-order valence-electron chi connectivity index (χ2n) is 4.85. The number of nitrogens with two attached hydrogens (primary N) is 1. The van der Waals surface area contributed by atoms with Crippen LogP contribution in [0.25, 0.3) is 0 Å². The lowest BCUT2D eigenvalue weighted by Crippen LogP contribution is -2.37. The lowest BCUT2D eigenvalue weighted by molar-refractivity contribution is 0.314. The Balaban J connectivity index is 2.00. The molecule has 4 nitrogen and oxygen atoms in total. The van der Waals surface area contributed by atoms with Gasteiger partial charge in [-0.1, -0.05) is 6.07 Å². The van der Waals surface area contributed by atoms with E-state index in [4.69, 9.17) is 5.73 Å². The zero-order valence-corrected chi connectivity index (χ0v) is 10.8. The van der Waals surface area contributed by atoms with E-state index in [2.05, 4.69) is 28.9 Å². The van der Waals surface area contributed by atoms with Crippen molar-refractivity contribution < 1.29 is 0 Å². The summed E-state index contributed by atoms with van der Waals surface area (Å²) in [5, 5.41) is 0. The standard InChI is InChI=1S/C13H22N4/c1-16-8-4-6-12(16)10-17(2)13-7-3-5-11(9-14)15-13/h3,5,7,12H,4,6,8-10,14H2,1-2H3. The third-order valence-corrected chi connectivity index (χ3v) is 3.55. The number of likely N-dealkylation sites (N-methyl/N-ethyl adjacent to an activating group) is 2. The van der Waals surface area contributed by atoms with Gasteiger partial charge in [0, 0.05) is 26.2 Å². The summed E-state index contributed by atoms with van der Waals surface area (Å²) in [5.74, 6) is 1.02.